The molecule has 0 bridgehead atoms. The number of phenolic OH excluding ortho intramolecular Hbond substituents is 1. The number of aromatic hydroxyl groups is 1. The Labute approximate surface area is 138 Å². The van der Waals surface area contributed by atoms with Crippen LogP contribution in [0.3, 0.4) is 0 Å². The zero-order valence-electron chi connectivity index (χ0n) is 11.4. The number of nitrogens with zero attached hydrogens (tertiary/aromatic N) is 1. The van der Waals surface area contributed by atoms with Crippen LogP contribution < -0.4 is 10.0 Å². The van der Waals surface area contributed by atoms with Crippen molar-refractivity contribution in [2.24, 2.45) is 4.99 Å². The van der Waals surface area contributed by atoms with Gasteiger partial charge in [-0.15, -0.1) is 0 Å². The largest absolute Gasteiger partial charge is 0.504 e. The summed E-state index contributed by atoms with van der Waals surface area (Å²) in [5.41, 5.74) is -0.924. The molecule has 3 rings (SSSR count). The van der Waals surface area contributed by atoms with Crippen LogP contribution in [0.25, 0.3) is 0 Å². The number of nitrogens with one attached hydrogen (secondary N) is 2. The molecule has 0 aliphatic carbocycles. The number of benzene rings is 2. The van der Waals surface area contributed by atoms with Crippen LogP contribution in [0.4, 0.5) is 24.5 Å². The summed E-state index contributed by atoms with van der Waals surface area (Å²) in [5, 5.41) is 11.3. The molecule has 11 heteroatoms. The molecule has 0 saturated carbocycles. The second kappa shape index (κ2) is 5.56. The van der Waals surface area contributed by atoms with E-state index >= 15 is 0 Å². The van der Waals surface area contributed by atoms with Gasteiger partial charge in [0.1, 0.15) is 33.1 Å². The molecule has 1 heterocycles. The summed E-state index contributed by atoms with van der Waals surface area (Å²) in [5.74, 6) is -4.21. The van der Waals surface area contributed by atoms with Gasteiger partial charge in [0.15, 0.2) is 5.75 Å². The smallest absolute Gasteiger partial charge is 0.266 e. The zero-order chi connectivity index (χ0) is 17.6. The lowest BCUT2D eigenvalue weighted by molar-refractivity contribution is 0.468. The molecule has 0 fully saturated rings. The van der Waals surface area contributed by atoms with Gasteiger partial charge >= 0.3 is 0 Å². The highest BCUT2D eigenvalue weighted by Gasteiger charge is 2.31. The standard InChI is InChI=1S/C13H7ClF3N3O3S/c14-10-7(17)4-9-11(12(10)21)19-13(20-24(9,22)23)18-8-3-5(15)1-2-6(8)16/h1-4,21H,(H2,18,19,20). The molecule has 0 atom stereocenters. The van der Waals surface area contributed by atoms with Crippen molar-refractivity contribution in [2.45, 2.75) is 4.90 Å². The maximum absolute atomic E-state index is 13.6. The fraction of sp³-hybridized carbons (Fsp3) is 0. The lowest BCUT2D eigenvalue weighted by Gasteiger charge is -2.20. The molecule has 6 nitrogen and oxygen atoms in total. The van der Waals surface area contributed by atoms with Gasteiger partial charge in [-0.1, -0.05) is 11.6 Å². The molecule has 24 heavy (non-hydrogen) atoms. The van der Waals surface area contributed by atoms with Gasteiger partial charge in [-0.3, -0.25) is 0 Å². The maximum Gasteiger partial charge on any atom is 0.266 e. The first-order chi connectivity index (χ1) is 11.2. The van der Waals surface area contributed by atoms with Gasteiger partial charge in [0.2, 0.25) is 5.96 Å². The molecular formula is C13H7ClF3N3O3S. The van der Waals surface area contributed by atoms with Gasteiger partial charge in [0, 0.05) is 6.07 Å². The molecule has 0 aromatic heterocycles. The van der Waals surface area contributed by atoms with Gasteiger partial charge in [0.05, 0.1) is 5.69 Å². The minimum Gasteiger partial charge on any atom is -0.504 e. The number of phenols is 1. The van der Waals surface area contributed by atoms with Crippen LogP contribution in [0.15, 0.2) is 34.2 Å². The zero-order valence-corrected chi connectivity index (χ0v) is 13.0. The summed E-state index contributed by atoms with van der Waals surface area (Å²) in [6.45, 7) is 0. The summed E-state index contributed by atoms with van der Waals surface area (Å²) in [4.78, 5) is 3.09. The maximum atomic E-state index is 13.6. The number of rotatable bonds is 1. The van der Waals surface area contributed by atoms with Crippen molar-refractivity contribution < 1.29 is 26.7 Å². The third-order valence-corrected chi connectivity index (χ3v) is 4.77. The molecule has 0 amide bonds. The molecule has 0 unspecified atom stereocenters. The lowest BCUT2D eigenvalue weighted by atomic mass is 10.3. The molecule has 2 aromatic rings. The van der Waals surface area contributed by atoms with Crippen LogP contribution in [0.5, 0.6) is 5.75 Å². The minimum absolute atomic E-state index is 0.396. The minimum atomic E-state index is -4.31. The SMILES string of the molecule is O=S1(=O)NC(Nc2cc(F)ccc2F)=Nc2c1cc(F)c(Cl)c2O. The summed E-state index contributed by atoms with van der Waals surface area (Å²) in [6, 6.07) is 3.06. The van der Waals surface area contributed by atoms with Gasteiger partial charge in [-0.05, 0) is 18.2 Å². The van der Waals surface area contributed by atoms with Crippen molar-refractivity contribution in [3.05, 3.63) is 46.7 Å². The van der Waals surface area contributed by atoms with Crippen molar-refractivity contribution in [1.82, 2.24) is 4.72 Å². The second-order valence-electron chi connectivity index (χ2n) is 4.68. The Balaban J connectivity index is 2.12. The third-order valence-electron chi connectivity index (χ3n) is 3.06. The van der Waals surface area contributed by atoms with E-state index in [0.717, 1.165) is 18.2 Å². The predicted molar refractivity (Wildman–Crippen MR) is 80.5 cm³/mol. The monoisotopic (exact) mass is 377 g/mol. The van der Waals surface area contributed by atoms with E-state index in [1.54, 1.807) is 0 Å². The Morgan fingerprint density at radius 1 is 1.17 bits per heavy atom. The van der Waals surface area contributed by atoms with Crippen LogP contribution in [-0.2, 0) is 10.0 Å². The fourth-order valence-electron chi connectivity index (χ4n) is 1.98. The Hall–Kier alpha value is -2.46. The summed E-state index contributed by atoms with van der Waals surface area (Å²) in [6.07, 6.45) is 0. The lowest BCUT2D eigenvalue weighted by Crippen LogP contribution is -2.38. The highest BCUT2D eigenvalue weighted by Crippen LogP contribution is 2.42. The van der Waals surface area contributed by atoms with Crippen molar-refractivity contribution in [3.8, 4) is 5.75 Å². The van der Waals surface area contributed by atoms with E-state index in [9.17, 15) is 26.7 Å². The van der Waals surface area contributed by atoms with E-state index in [0.29, 0.717) is 6.07 Å². The molecule has 0 radical (unpaired) electrons. The van der Waals surface area contributed by atoms with Crippen molar-refractivity contribution >= 4 is 39.0 Å². The van der Waals surface area contributed by atoms with Crippen molar-refractivity contribution in [3.63, 3.8) is 0 Å². The first kappa shape index (κ1) is 16.4. The van der Waals surface area contributed by atoms with Crippen LogP contribution in [0, 0.1) is 17.5 Å². The van der Waals surface area contributed by atoms with Gasteiger partial charge in [0.25, 0.3) is 10.0 Å². The van der Waals surface area contributed by atoms with Crippen LogP contribution in [0.1, 0.15) is 0 Å². The highest BCUT2D eigenvalue weighted by atomic mass is 35.5. The number of sulfonamides is 1. The number of halogens is 4. The Morgan fingerprint density at radius 3 is 2.58 bits per heavy atom. The Kier molecular flexibility index (Phi) is 3.80. The first-order valence-electron chi connectivity index (χ1n) is 6.23. The van der Waals surface area contributed by atoms with E-state index in [4.69, 9.17) is 11.6 Å². The van der Waals surface area contributed by atoms with E-state index in [-0.39, 0.29) is 0 Å². The second-order valence-corrected chi connectivity index (χ2v) is 6.71. The van der Waals surface area contributed by atoms with E-state index in [2.05, 4.69) is 10.3 Å². The average Bonchev–Trinajstić information content (AvgIpc) is 2.50. The van der Waals surface area contributed by atoms with E-state index in [1.165, 1.54) is 0 Å². The number of anilines is 1. The molecule has 126 valence electrons. The van der Waals surface area contributed by atoms with Crippen molar-refractivity contribution in [1.29, 1.82) is 0 Å². The highest BCUT2D eigenvalue weighted by molar-refractivity contribution is 7.90. The summed E-state index contributed by atoms with van der Waals surface area (Å²) in [7, 11) is -4.31. The summed E-state index contributed by atoms with van der Waals surface area (Å²) >= 11 is 5.52. The third kappa shape index (κ3) is 2.74. The van der Waals surface area contributed by atoms with Gasteiger partial charge in [-0.2, -0.15) is 0 Å². The molecule has 2 aromatic carbocycles. The summed E-state index contributed by atoms with van der Waals surface area (Å²) < 4.78 is 66.5. The van der Waals surface area contributed by atoms with Crippen LogP contribution in [0.2, 0.25) is 5.02 Å². The van der Waals surface area contributed by atoms with E-state index < -0.39 is 60.5 Å². The molecule has 1 aliphatic heterocycles. The Morgan fingerprint density at radius 2 is 1.88 bits per heavy atom. The first-order valence-corrected chi connectivity index (χ1v) is 8.09. The fourth-order valence-corrected chi connectivity index (χ4v) is 3.25. The molecule has 0 saturated heterocycles. The average molecular weight is 378 g/mol. The molecule has 0 spiro atoms. The normalized spacial score (nSPS) is 15.2. The number of aliphatic imine (C=N–C) groups is 1. The topological polar surface area (TPSA) is 90.8 Å². The van der Waals surface area contributed by atoms with E-state index in [1.807, 2.05) is 4.72 Å². The predicted octanol–water partition coefficient (Wildman–Crippen LogP) is 2.85. The number of fused-ring (bicyclic) bond motifs is 1. The van der Waals surface area contributed by atoms with Crippen molar-refractivity contribution in [2.75, 3.05) is 5.32 Å². The number of hydrogen-bond acceptors (Lipinski definition) is 5. The molecule has 1 aliphatic rings. The quantitative estimate of drug-likeness (QED) is 0.712. The van der Waals surface area contributed by atoms with Crippen LogP contribution in [-0.4, -0.2) is 19.5 Å². The Bertz CT molecular complexity index is 996. The number of hydrogen-bond donors (Lipinski definition) is 3. The van der Waals surface area contributed by atoms with Crippen LogP contribution >= 0.6 is 11.6 Å². The molecule has 3 N–H and O–H groups in total. The molecular weight excluding hydrogens is 371 g/mol. The number of guanidine groups is 1. The van der Waals surface area contributed by atoms with Gasteiger partial charge < -0.3 is 10.4 Å². The van der Waals surface area contributed by atoms with Gasteiger partial charge in [-0.25, -0.2) is 31.3 Å².